The van der Waals surface area contributed by atoms with E-state index in [1.807, 2.05) is 4.90 Å². The second-order valence-electron chi connectivity index (χ2n) is 7.92. The van der Waals surface area contributed by atoms with Gasteiger partial charge < -0.3 is 10.2 Å². The fourth-order valence-electron chi connectivity index (χ4n) is 3.55. The molecule has 1 saturated heterocycles. The number of hydrogen-bond acceptors (Lipinski definition) is 5. The summed E-state index contributed by atoms with van der Waals surface area (Å²) in [6.07, 6.45) is -1.76. The van der Waals surface area contributed by atoms with E-state index in [-0.39, 0.29) is 18.3 Å². The smallest absolute Gasteiger partial charge is 0.356 e. The van der Waals surface area contributed by atoms with Crippen LogP contribution in [0.4, 0.5) is 24.7 Å². The molecule has 1 aromatic heterocycles. The fourth-order valence-corrected chi connectivity index (χ4v) is 4.75. The van der Waals surface area contributed by atoms with Crippen LogP contribution in [0.2, 0.25) is 0 Å². The number of nitrogens with zero attached hydrogens (tertiary/aromatic N) is 2. The number of carbonyl (C=O) groups excluding carboxylic acids is 1. The molecule has 0 saturated carbocycles. The lowest BCUT2D eigenvalue weighted by atomic mass is 10.00. The van der Waals surface area contributed by atoms with Crippen LogP contribution in [0.1, 0.15) is 42.5 Å². The topological polar surface area (TPSA) is 91.4 Å². The first-order valence-corrected chi connectivity index (χ1v) is 12.9. The van der Waals surface area contributed by atoms with Gasteiger partial charge in [-0.2, -0.15) is 13.2 Å². The molecule has 2 N–H and O–H groups in total. The van der Waals surface area contributed by atoms with Gasteiger partial charge in [0.15, 0.2) is 0 Å². The highest BCUT2D eigenvalue weighted by atomic mass is 79.9. The van der Waals surface area contributed by atoms with Crippen LogP contribution in [-0.4, -0.2) is 38.7 Å². The molecule has 1 aliphatic rings. The number of sulfonamides is 1. The predicted molar refractivity (Wildman–Crippen MR) is 124 cm³/mol. The maximum Gasteiger partial charge on any atom is 0.433 e. The van der Waals surface area contributed by atoms with Crippen molar-refractivity contribution in [2.24, 2.45) is 0 Å². The number of rotatable bonds is 7. The quantitative estimate of drug-likeness (QED) is 0.539. The average molecular weight is 549 g/mol. The second-order valence-corrected chi connectivity index (χ2v) is 10.5. The van der Waals surface area contributed by atoms with E-state index in [2.05, 4.69) is 31.0 Å². The number of nitrogens with one attached hydrogen (secondary N) is 2. The summed E-state index contributed by atoms with van der Waals surface area (Å²) in [6.45, 7) is 2.96. The van der Waals surface area contributed by atoms with Crippen molar-refractivity contribution in [1.29, 1.82) is 0 Å². The number of carbonyl (C=O) groups is 1. The number of aromatic nitrogens is 1. The summed E-state index contributed by atoms with van der Waals surface area (Å²) in [6, 6.07) is 7.12. The van der Waals surface area contributed by atoms with E-state index in [1.54, 1.807) is 25.1 Å². The summed E-state index contributed by atoms with van der Waals surface area (Å²) in [4.78, 5) is 18.4. The van der Waals surface area contributed by atoms with E-state index >= 15 is 0 Å². The predicted octanol–water partition coefficient (Wildman–Crippen LogP) is 4.25. The van der Waals surface area contributed by atoms with Crippen LogP contribution in [0.3, 0.4) is 0 Å². The van der Waals surface area contributed by atoms with Gasteiger partial charge in [-0.25, -0.2) is 13.4 Å². The summed E-state index contributed by atoms with van der Waals surface area (Å²) >= 11 is 3.30. The minimum Gasteiger partial charge on any atom is -0.356 e. The third kappa shape index (κ3) is 6.59. The maximum atomic E-state index is 13.2. The van der Waals surface area contributed by atoms with Gasteiger partial charge in [0.05, 0.1) is 17.9 Å². The number of hydrogen-bond donors (Lipinski definition) is 2. The van der Waals surface area contributed by atoms with Crippen molar-refractivity contribution in [3.8, 4) is 0 Å². The van der Waals surface area contributed by atoms with Crippen LogP contribution in [0.5, 0.6) is 0 Å². The molecule has 7 nitrogen and oxygen atoms in total. The van der Waals surface area contributed by atoms with Gasteiger partial charge in [-0.1, -0.05) is 12.1 Å². The molecule has 1 fully saturated rings. The zero-order valence-corrected chi connectivity index (χ0v) is 20.4. The number of halogens is 4. The molecule has 0 spiro atoms. The number of benzene rings is 1. The summed E-state index contributed by atoms with van der Waals surface area (Å²) in [7, 11) is -3.45. The van der Waals surface area contributed by atoms with Gasteiger partial charge in [-0.3, -0.25) is 9.52 Å². The Morgan fingerprint density at radius 2 is 1.88 bits per heavy atom. The summed E-state index contributed by atoms with van der Waals surface area (Å²) in [5.74, 6) is -0.654. The van der Waals surface area contributed by atoms with Crippen LogP contribution >= 0.6 is 15.9 Å². The molecule has 180 valence electrons. The van der Waals surface area contributed by atoms with Crippen LogP contribution in [0.15, 0.2) is 34.8 Å². The first-order valence-electron chi connectivity index (χ1n) is 10.2. The minimum atomic E-state index is -4.55. The molecule has 3 rings (SSSR count). The molecule has 1 amide bonds. The Hall–Kier alpha value is -2.34. The standard InChI is InChI=1S/C21H24BrF3N4O3S/c1-13(14-5-7-17(16(22)11-14)28-33(2,31)32)20(30)26-12-15-6-8-18(21(23,24)25)27-19(15)29-9-3-4-10-29/h5-8,11,13,28H,3-4,9-10,12H2,1-2H3,(H,26,30). The Balaban J connectivity index is 1.74. The molecule has 2 aromatic rings. The Kier molecular flexibility index (Phi) is 7.57. The second kappa shape index (κ2) is 9.88. The van der Waals surface area contributed by atoms with Gasteiger partial charge >= 0.3 is 6.18 Å². The van der Waals surface area contributed by atoms with Crippen LogP contribution in [0, 0.1) is 0 Å². The molecule has 1 atom stereocenters. The number of alkyl halides is 3. The van der Waals surface area contributed by atoms with E-state index in [4.69, 9.17) is 0 Å². The zero-order chi connectivity index (χ0) is 24.4. The Labute approximate surface area is 198 Å². The maximum absolute atomic E-state index is 13.2. The third-order valence-corrected chi connectivity index (χ3v) is 6.53. The van der Waals surface area contributed by atoms with Gasteiger partial charge in [-0.15, -0.1) is 0 Å². The lowest BCUT2D eigenvalue weighted by molar-refractivity contribution is -0.141. The summed E-state index contributed by atoms with van der Waals surface area (Å²) in [5.41, 5.74) is 0.545. The Bertz CT molecular complexity index is 1140. The molecule has 1 unspecified atom stereocenters. The molecular formula is C21H24BrF3N4O3S. The monoisotopic (exact) mass is 548 g/mol. The zero-order valence-electron chi connectivity index (χ0n) is 18.0. The molecule has 0 aliphatic carbocycles. The van der Waals surface area contributed by atoms with Gasteiger partial charge in [0.25, 0.3) is 0 Å². The van der Waals surface area contributed by atoms with Gasteiger partial charge in [-0.05, 0) is 59.5 Å². The van der Waals surface area contributed by atoms with Crippen molar-refractivity contribution in [2.45, 2.75) is 38.4 Å². The molecule has 2 heterocycles. The lowest BCUT2D eigenvalue weighted by Gasteiger charge is -2.22. The highest BCUT2D eigenvalue weighted by Gasteiger charge is 2.34. The van der Waals surface area contributed by atoms with Gasteiger partial charge in [0, 0.05) is 29.7 Å². The van der Waals surface area contributed by atoms with Crippen LogP contribution in [-0.2, 0) is 27.5 Å². The van der Waals surface area contributed by atoms with Gasteiger partial charge in [0.1, 0.15) is 11.5 Å². The summed E-state index contributed by atoms with van der Waals surface area (Å²) in [5, 5.41) is 2.78. The van der Waals surface area contributed by atoms with E-state index in [0.717, 1.165) is 25.2 Å². The normalized spacial score (nSPS) is 15.4. The van der Waals surface area contributed by atoms with Crippen molar-refractivity contribution in [3.63, 3.8) is 0 Å². The van der Waals surface area contributed by atoms with E-state index < -0.39 is 27.8 Å². The number of pyridine rings is 1. The van der Waals surface area contributed by atoms with E-state index in [0.29, 0.717) is 34.4 Å². The average Bonchev–Trinajstić information content (AvgIpc) is 3.26. The minimum absolute atomic E-state index is 0.0367. The van der Waals surface area contributed by atoms with Crippen molar-refractivity contribution >= 4 is 43.4 Å². The Morgan fingerprint density at radius 1 is 1.21 bits per heavy atom. The first-order chi connectivity index (χ1) is 15.3. The number of amides is 1. The highest BCUT2D eigenvalue weighted by molar-refractivity contribution is 9.10. The van der Waals surface area contributed by atoms with Crippen molar-refractivity contribution < 1.29 is 26.4 Å². The SMILES string of the molecule is CC(C(=O)NCc1ccc(C(F)(F)F)nc1N1CCCC1)c1ccc(NS(C)(=O)=O)c(Br)c1. The van der Waals surface area contributed by atoms with E-state index in [9.17, 15) is 26.4 Å². The largest absolute Gasteiger partial charge is 0.433 e. The van der Waals surface area contributed by atoms with Crippen LogP contribution < -0.4 is 14.9 Å². The van der Waals surface area contributed by atoms with Crippen LogP contribution in [0.25, 0.3) is 0 Å². The van der Waals surface area contributed by atoms with Crippen molar-refractivity contribution in [2.75, 3.05) is 29.0 Å². The highest BCUT2D eigenvalue weighted by Crippen LogP contribution is 2.32. The Morgan fingerprint density at radius 3 is 2.45 bits per heavy atom. The lowest BCUT2D eigenvalue weighted by Crippen LogP contribution is -2.29. The summed E-state index contributed by atoms with van der Waals surface area (Å²) < 4.78 is 65.2. The molecule has 33 heavy (non-hydrogen) atoms. The van der Waals surface area contributed by atoms with E-state index in [1.165, 1.54) is 6.07 Å². The fraction of sp³-hybridized carbons (Fsp3) is 0.429. The molecule has 12 heteroatoms. The molecule has 0 bridgehead atoms. The molecule has 0 radical (unpaired) electrons. The molecular weight excluding hydrogens is 525 g/mol. The van der Waals surface area contributed by atoms with Crippen molar-refractivity contribution in [3.05, 3.63) is 51.6 Å². The van der Waals surface area contributed by atoms with Gasteiger partial charge in [0.2, 0.25) is 15.9 Å². The number of anilines is 2. The first kappa shape index (κ1) is 25.3. The third-order valence-electron chi connectivity index (χ3n) is 5.29. The van der Waals surface area contributed by atoms with Crippen molar-refractivity contribution in [1.82, 2.24) is 10.3 Å². The molecule has 1 aliphatic heterocycles. The molecule has 1 aromatic carbocycles.